The molecule has 9 heavy (non-hydrogen) atoms. The van der Waals surface area contributed by atoms with Crippen LogP contribution in [0, 0.1) is 5.92 Å². The molecular formula is C7H14N2. The molecule has 2 aliphatic rings. The standard InChI is InChI=1S/C7H14N2/c1-9-4-5-2-6(9)3-7(5)8/h5-7H,2-4,8H2,1H3/t5?,6-,7-/m0/s1. The fourth-order valence-corrected chi connectivity index (χ4v) is 2.22. The van der Waals surface area contributed by atoms with Gasteiger partial charge in [-0.05, 0) is 25.8 Å². The van der Waals surface area contributed by atoms with Gasteiger partial charge in [0.25, 0.3) is 0 Å². The van der Waals surface area contributed by atoms with Crippen LogP contribution in [0.4, 0.5) is 0 Å². The molecule has 1 unspecified atom stereocenters. The van der Waals surface area contributed by atoms with Crippen molar-refractivity contribution in [1.29, 1.82) is 0 Å². The molecule has 2 fully saturated rings. The van der Waals surface area contributed by atoms with Crippen LogP contribution in [0.25, 0.3) is 0 Å². The van der Waals surface area contributed by atoms with Crippen LogP contribution < -0.4 is 5.73 Å². The Kier molecular flexibility index (Phi) is 1.08. The highest BCUT2D eigenvalue weighted by Crippen LogP contribution is 2.35. The highest BCUT2D eigenvalue weighted by atomic mass is 15.2. The SMILES string of the molecule is CN1CC2C[C@H]1C[C@@H]2N. The molecule has 2 heteroatoms. The Morgan fingerprint density at radius 1 is 1.44 bits per heavy atom. The van der Waals surface area contributed by atoms with E-state index in [1.807, 2.05) is 0 Å². The molecule has 0 aromatic rings. The van der Waals surface area contributed by atoms with E-state index in [0.717, 1.165) is 12.0 Å². The molecule has 0 spiro atoms. The van der Waals surface area contributed by atoms with Crippen LogP contribution in [0.1, 0.15) is 12.8 Å². The number of likely N-dealkylation sites (tertiary alicyclic amines) is 1. The molecule has 1 aliphatic heterocycles. The van der Waals surface area contributed by atoms with Gasteiger partial charge in [0.1, 0.15) is 0 Å². The Balaban J connectivity index is 2.10. The molecule has 52 valence electrons. The zero-order valence-corrected chi connectivity index (χ0v) is 5.88. The minimum absolute atomic E-state index is 0.520. The number of hydrogen-bond donors (Lipinski definition) is 1. The maximum Gasteiger partial charge on any atom is 0.0111 e. The number of piperidine rings is 1. The van der Waals surface area contributed by atoms with Gasteiger partial charge in [-0.3, -0.25) is 0 Å². The van der Waals surface area contributed by atoms with E-state index in [-0.39, 0.29) is 0 Å². The van der Waals surface area contributed by atoms with Crippen LogP contribution in [0.15, 0.2) is 0 Å². The summed E-state index contributed by atoms with van der Waals surface area (Å²) in [5.74, 6) is 0.819. The van der Waals surface area contributed by atoms with Gasteiger partial charge < -0.3 is 10.6 Å². The summed E-state index contributed by atoms with van der Waals surface area (Å²) in [5.41, 5.74) is 5.86. The molecule has 1 heterocycles. The molecular weight excluding hydrogens is 112 g/mol. The third kappa shape index (κ3) is 0.700. The smallest absolute Gasteiger partial charge is 0.0111 e. The first-order valence-electron chi connectivity index (χ1n) is 3.73. The fraction of sp³-hybridized carbons (Fsp3) is 1.00. The molecule has 2 bridgehead atoms. The molecule has 0 aromatic heterocycles. The third-order valence-electron chi connectivity index (χ3n) is 2.87. The third-order valence-corrected chi connectivity index (χ3v) is 2.87. The van der Waals surface area contributed by atoms with Crippen LogP contribution in [0.2, 0.25) is 0 Å². The first-order chi connectivity index (χ1) is 4.27. The lowest BCUT2D eigenvalue weighted by molar-refractivity contribution is 0.243. The van der Waals surface area contributed by atoms with E-state index in [0.29, 0.717) is 6.04 Å². The number of fused-ring (bicyclic) bond motifs is 2. The molecule has 0 amide bonds. The lowest BCUT2D eigenvalue weighted by Crippen LogP contribution is -2.38. The molecule has 1 saturated carbocycles. The summed E-state index contributed by atoms with van der Waals surface area (Å²) < 4.78 is 0. The van der Waals surface area contributed by atoms with Crippen LogP contribution in [0.5, 0.6) is 0 Å². The van der Waals surface area contributed by atoms with Crippen molar-refractivity contribution < 1.29 is 0 Å². The predicted molar refractivity (Wildman–Crippen MR) is 37.1 cm³/mol. The van der Waals surface area contributed by atoms with Crippen molar-refractivity contribution in [3.63, 3.8) is 0 Å². The van der Waals surface area contributed by atoms with E-state index in [9.17, 15) is 0 Å². The van der Waals surface area contributed by atoms with E-state index in [2.05, 4.69) is 11.9 Å². The summed E-state index contributed by atoms with van der Waals surface area (Å²) in [6.07, 6.45) is 2.60. The topological polar surface area (TPSA) is 29.3 Å². The van der Waals surface area contributed by atoms with Crippen molar-refractivity contribution in [3.8, 4) is 0 Å². The van der Waals surface area contributed by atoms with E-state index < -0.39 is 0 Å². The van der Waals surface area contributed by atoms with Crippen LogP contribution in [0.3, 0.4) is 0 Å². The molecule has 3 atom stereocenters. The fourth-order valence-electron chi connectivity index (χ4n) is 2.22. The molecule has 0 aromatic carbocycles. The molecule has 2 nitrogen and oxygen atoms in total. The second-order valence-electron chi connectivity index (χ2n) is 3.49. The highest BCUT2D eigenvalue weighted by molar-refractivity contribution is 4.97. The predicted octanol–water partition coefficient (Wildman–Crippen LogP) is 0.0377. The van der Waals surface area contributed by atoms with Crippen molar-refractivity contribution in [3.05, 3.63) is 0 Å². The van der Waals surface area contributed by atoms with Crippen molar-refractivity contribution in [2.75, 3.05) is 13.6 Å². The van der Waals surface area contributed by atoms with Gasteiger partial charge in [-0.2, -0.15) is 0 Å². The Bertz CT molecular complexity index is 106. The van der Waals surface area contributed by atoms with Gasteiger partial charge in [-0.15, -0.1) is 0 Å². The van der Waals surface area contributed by atoms with Crippen LogP contribution >= 0.6 is 0 Å². The van der Waals surface area contributed by atoms with Gasteiger partial charge in [-0.25, -0.2) is 0 Å². The normalized spacial score (nSPS) is 50.7. The number of nitrogens with two attached hydrogens (primary N) is 1. The highest BCUT2D eigenvalue weighted by Gasteiger charge is 2.40. The van der Waals surface area contributed by atoms with Gasteiger partial charge in [-0.1, -0.05) is 0 Å². The summed E-state index contributed by atoms with van der Waals surface area (Å²) in [7, 11) is 2.20. The first kappa shape index (κ1) is 5.69. The van der Waals surface area contributed by atoms with Gasteiger partial charge in [0.15, 0.2) is 0 Å². The van der Waals surface area contributed by atoms with Crippen LogP contribution in [-0.4, -0.2) is 30.6 Å². The minimum Gasteiger partial charge on any atom is -0.327 e. The largest absolute Gasteiger partial charge is 0.327 e. The molecule has 0 radical (unpaired) electrons. The van der Waals surface area contributed by atoms with Gasteiger partial charge in [0.2, 0.25) is 0 Å². The second-order valence-corrected chi connectivity index (χ2v) is 3.49. The van der Waals surface area contributed by atoms with Crippen molar-refractivity contribution in [2.24, 2.45) is 11.7 Å². The minimum atomic E-state index is 0.520. The number of nitrogens with zero attached hydrogens (tertiary/aromatic N) is 1. The monoisotopic (exact) mass is 126 g/mol. The Labute approximate surface area is 56.0 Å². The quantitative estimate of drug-likeness (QED) is 0.496. The zero-order chi connectivity index (χ0) is 6.43. The lowest BCUT2D eigenvalue weighted by atomic mass is 10.1. The molecule has 1 aliphatic carbocycles. The van der Waals surface area contributed by atoms with Crippen LogP contribution in [-0.2, 0) is 0 Å². The molecule has 2 N–H and O–H groups in total. The summed E-state index contributed by atoms with van der Waals surface area (Å²) >= 11 is 0. The summed E-state index contributed by atoms with van der Waals surface area (Å²) in [4.78, 5) is 2.44. The number of rotatable bonds is 0. The lowest BCUT2D eigenvalue weighted by Gasteiger charge is -2.25. The second kappa shape index (κ2) is 1.70. The Morgan fingerprint density at radius 3 is 2.56 bits per heavy atom. The first-order valence-corrected chi connectivity index (χ1v) is 3.73. The van der Waals surface area contributed by atoms with E-state index in [4.69, 9.17) is 5.73 Å². The van der Waals surface area contributed by atoms with Gasteiger partial charge in [0, 0.05) is 18.6 Å². The Morgan fingerprint density at radius 2 is 2.22 bits per heavy atom. The van der Waals surface area contributed by atoms with Crippen molar-refractivity contribution in [1.82, 2.24) is 4.90 Å². The maximum absolute atomic E-state index is 5.86. The average molecular weight is 126 g/mol. The van der Waals surface area contributed by atoms with E-state index in [1.165, 1.54) is 19.4 Å². The maximum atomic E-state index is 5.86. The van der Waals surface area contributed by atoms with Gasteiger partial charge >= 0.3 is 0 Å². The van der Waals surface area contributed by atoms with Crippen molar-refractivity contribution in [2.45, 2.75) is 24.9 Å². The molecule has 2 rings (SSSR count). The Hall–Kier alpha value is -0.0800. The summed E-state index contributed by atoms with van der Waals surface area (Å²) in [5, 5.41) is 0. The van der Waals surface area contributed by atoms with E-state index >= 15 is 0 Å². The molecule has 1 saturated heterocycles. The zero-order valence-electron chi connectivity index (χ0n) is 5.88. The summed E-state index contributed by atoms with van der Waals surface area (Å²) in [6, 6.07) is 1.34. The van der Waals surface area contributed by atoms with Gasteiger partial charge in [0.05, 0.1) is 0 Å². The number of hydrogen-bond acceptors (Lipinski definition) is 2. The average Bonchev–Trinajstić information content (AvgIpc) is 2.24. The van der Waals surface area contributed by atoms with E-state index in [1.54, 1.807) is 0 Å². The van der Waals surface area contributed by atoms with Crippen molar-refractivity contribution >= 4 is 0 Å². The summed E-state index contributed by atoms with van der Waals surface area (Å²) in [6.45, 7) is 1.24.